The van der Waals surface area contributed by atoms with Crippen molar-refractivity contribution in [3.63, 3.8) is 0 Å². The Bertz CT molecular complexity index is 354. The second-order valence-corrected chi connectivity index (χ2v) is 12.5. The molecule has 1 aliphatic carbocycles. The zero-order chi connectivity index (χ0) is 14.9. The maximum atomic E-state index is 12.0. The predicted molar refractivity (Wildman–Crippen MR) is 83.8 cm³/mol. The van der Waals surface area contributed by atoms with Gasteiger partial charge in [-0.15, -0.1) is 6.58 Å². The van der Waals surface area contributed by atoms with E-state index in [1.807, 2.05) is 6.08 Å². The van der Waals surface area contributed by atoms with E-state index in [1.165, 1.54) is 0 Å². The van der Waals surface area contributed by atoms with Gasteiger partial charge in [-0.2, -0.15) is 0 Å². The summed E-state index contributed by atoms with van der Waals surface area (Å²) < 4.78 is 6.09. The van der Waals surface area contributed by atoms with Gasteiger partial charge in [0, 0.05) is 18.9 Å². The highest BCUT2D eigenvalue weighted by atomic mass is 28.4. The molecular weight excluding hydrogens is 252 g/mol. The van der Waals surface area contributed by atoms with Crippen LogP contribution in [-0.2, 0) is 9.22 Å². The molecule has 1 fully saturated rings. The van der Waals surface area contributed by atoms with Crippen molar-refractivity contribution in [1.82, 2.24) is 0 Å². The molecule has 0 radical (unpaired) electrons. The van der Waals surface area contributed by atoms with E-state index in [1.54, 1.807) is 0 Å². The molecule has 0 aromatic rings. The van der Waals surface area contributed by atoms with Crippen molar-refractivity contribution in [2.45, 2.75) is 65.1 Å². The van der Waals surface area contributed by atoms with Gasteiger partial charge in [0.1, 0.15) is 5.78 Å². The fourth-order valence-electron chi connectivity index (χ4n) is 2.05. The molecule has 0 N–H and O–H groups in total. The lowest BCUT2D eigenvalue weighted by Gasteiger charge is -2.36. The van der Waals surface area contributed by atoms with Gasteiger partial charge in [0.05, 0.1) is 0 Å². The number of rotatable bonds is 7. The Morgan fingerprint density at radius 3 is 2.47 bits per heavy atom. The smallest absolute Gasteiger partial charge is 0.191 e. The van der Waals surface area contributed by atoms with Crippen molar-refractivity contribution in [2.75, 3.05) is 6.61 Å². The molecule has 2 nitrogen and oxygen atoms in total. The molecule has 1 rings (SSSR count). The SMILES string of the molecule is C=CC1(C)CC1C(=O)CCCO[Si](C)(C)C(C)(C)C. The Hall–Kier alpha value is -0.413. The fraction of sp³-hybridized carbons (Fsp3) is 0.812. The zero-order valence-electron chi connectivity index (χ0n) is 13.5. The van der Waals surface area contributed by atoms with Crippen LogP contribution in [0.5, 0.6) is 0 Å². The van der Waals surface area contributed by atoms with E-state index in [9.17, 15) is 4.79 Å². The summed E-state index contributed by atoms with van der Waals surface area (Å²) in [4.78, 5) is 12.0. The molecule has 2 atom stereocenters. The topological polar surface area (TPSA) is 26.3 Å². The normalized spacial score (nSPS) is 27.2. The molecule has 110 valence electrons. The minimum atomic E-state index is -1.65. The maximum absolute atomic E-state index is 12.0. The van der Waals surface area contributed by atoms with Crippen LogP contribution in [-0.4, -0.2) is 20.7 Å². The van der Waals surface area contributed by atoms with E-state index in [2.05, 4.69) is 47.4 Å². The van der Waals surface area contributed by atoms with E-state index in [0.717, 1.165) is 19.4 Å². The summed E-state index contributed by atoms with van der Waals surface area (Å²) in [5.74, 6) is 0.610. The maximum Gasteiger partial charge on any atom is 0.191 e. The summed E-state index contributed by atoms with van der Waals surface area (Å²) >= 11 is 0. The number of carbonyl (C=O) groups is 1. The summed E-state index contributed by atoms with van der Waals surface area (Å²) in [5.41, 5.74) is 0.0807. The number of hydrogen-bond donors (Lipinski definition) is 0. The van der Waals surface area contributed by atoms with Crippen molar-refractivity contribution >= 4 is 14.1 Å². The van der Waals surface area contributed by atoms with Crippen LogP contribution < -0.4 is 0 Å². The van der Waals surface area contributed by atoms with E-state index in [4.69, 9.17) is 4.43 Å². The molecule has 0 aromatic heterocycles. The minimum Gasteiger partial charge on any atom is -0.417 e. The number of ketones is 1. The first kappa shape index (κ1) is 16.6. The van der Waals surface area contributed by atoms with Crippen molar-refractivity contribution in [3.05, 3.63) is 12.7 Å². The molecule has 0 saturated heterocycles. The lowest BCUT2D eigenvalue weighted by Crippen LogP contribution is -2.41. The third-order valence-electron chi connectivity index (χ3n) is 4.97. The number of allylic oxidation sites excluding steroid dienone is 1. The Labute approximate surface area is 119 Å². The van der Waals surface area contributed by atoms with Gasteiger partial charge in [-0.1, -0.05) is 33.8 Å². The summed E-state index contributed by atoms with van der Waals surface area (Å²) in [6, 6.07) is 0. The highest BCUT2D eigenvalue weighted by molar-refractivity contribution is 6.74. The monoisotopic (exact) mass is 282 g/mol. The standard InChI is InChI=1S/C16H30O2Si/c1-8-16(5)12-13(16)14(17)10-9-11-18-19(6,7)15(2,3)4/h8,13H,1,9-12H2,2-7H3. The quantitative estimate of drug-likeness (QED) is 0.388. The van der Waals surface area contributed by atoms with Crippen LogP contribution in [0.15, 0.2) is 12.7 Å². The number of Topliss-reactive ketones (excluding diaryl/α,β-unsaturated/α-hetero) is 1. The van der Waals surface area contributed by atoms with Crippen LogP contribution in [0.2, 0.25) is 18.1 Å². The summed E-state index contributed by atoms with van der Waals surface area (Å²) in [7, 11) is -1.65. The van der Waals surface area contributed by atoms with E-state index < -0.39 is 8.32 Å². The van der Waals surface area contributed by atoms with Crippen molar-refractivity contribution in [3.8, 4) is 0 Å². The van der Waals surface area contributed by atoms with Gasteiger partial charge in [0.25, 0.3) is 0 Å². The zero-order valence-corrected chi connectivity index (χ0v) is 14.5. The largest absolute Gasteiger partial charge is 0.417 e. The Balaban J connectivity index is 2.26. The first-order valence-electron chi connectivity index (χ1n) is 7.34. The third-order valence-corrected chi connectivity index (χ3v) is 9.51. The molecule has 2 unspecified atom stereocenters. The first-order chi connectivity index (χ1) is 8.53. The lowest BCUT2D eigenvalue weighted by molar-refractivity contribution is -0.121. The molecule has 19 heavy (non-hydrogen) atoms. The average Bonchev–Trinajstić information content (AvgIpc) is 2.96. The van der Waals surface area contributed by atoms with Crippen LogP contribution in [0.3, 0.4) is 0 Å². The molecule has 3 heteroatoms. The summed E-state index contributed by atoms with van der Waals surface area (Å²) in [6.07, 6.45) is 4.43. The second-order valence-electron chi connectivity index (χ2n) is 7.65. The van der Waals surface area contributed by atoms with E-state index in [-0.39, 0.29) is 16.4 Å². The Morgan fingerprint density at radius 1 is 1.47 bits per heavy atom. The van der Waals surface area contributed by atoms with Gasteiger partial charge in [-0.05, 0) is 36.4 Å². The Morgan fingerprint density at radius 2 is 2.05 bits per heavy atom. The van der Waals surface area contributed by atoms with Gasteiger partial charge >= 0.3 is 0 Å². The second kappa shape index (κ2) is 5.53. The van der Waals surface area contributed by atoms with Gasteiger partial charge < -0.3 is 4.43 Å². The summed E-state index contributed by atoms with van der Waals surface area (Å²) in [6.45, 7) is 17.9. The molecule has 1 aliphatic rings. The predicted octanol–water partition coefficient (Wildman–Crippen LogP) is 4.57. The van der Waals surface area contributed by atoms with Gasteiger partial charge in [0.2, 0.25) is 0 Å². The van der Waals surface area contributed by atoms with Crippen molar-refractivity contribution < 1.29 is 9.22 Å². The Kier molecular flexibility index (Phi) is 4.84. The molecule has 0 heterocycles. The van der Waals surface area contributed by atoms with Crippen LogP contribution in [0.1, 0.15) is 47.0 Å². The first-order valence-corrected chi connectivity index (χ1v) is 10.2. The van der Waals surface area contributed by atoms with Crippen LogP contribution in [0.4, 0.5) is 0 Å². The molecule has 0 bridgehead atoms. The average molecular weight is 282 g/mol. The molecule has 1 saturated carbocycles. The molecule has 0 aliphatic heterocycles. The van der Waals surface area contributed by atoms with E-state index in [0.29, 0.717) is 12.2 Å². The van der Waals surface area contributed by atoms with Crippen molar-refractivity contribution in [2.24, 2.45) is 11.3 Å². The molecule has 0 spiro atoms. The fourth-order valence-corrected chi connectivity index (χ4v) is 3.14. The van der Waals surface area contributed by atoms with Crippen LogP contribution in [0.25, 0.3) is 0 Å². The lowest BCUT2D eigenvalue weighted by atomic mass is 10.0. The highest BCUT2D eigenvalue weighted by Gasteiger charge is 2.51. The van der Waals surface area contributed by atoms with Gasteiger partial charge in [-0.3, -0.25) is 4.79 Å². The number of hydrogen-bond acceptors (Lipinski definition) is 2. The molecular formula is C16H30O2Si. The minimum absolute atomic E-state index is 0.0807. The van der Waals surface area contributed by atoms with E-state index >= 15 is 0 Å². The van der Waals surface area contributed by atoms with Gasteiger partial charge in [0.15, 0.2) is 8.32 Å². The number of carbonyl (C=O) groups excluding carboxylic acids is 1. The highest BCUT2D eigenvalue weighted by Crippen LogP contribution is 2.54. The van der Waals surface area contributed by atoms with Crippen molar-refractivity contribution in [1.29, 1.82) is 0 Å². The van der Waals surface area contributed by atoms with Gasteiger partial charge in [-0.25, -0.2) is 0 Å². The molecule has 0 amide bonds. The molecule has 0 aromatic carbocycles. The third kappa shape index (κ3) is 4.02. The van der Waals surface area contributed by atoms with Crippen LogP contribution >= 0.6 is 0 Å². The van der Waals surface area contributed by atoms with Crippen LogP contribution in [0, 0.1) is 11.3 Å². The summed E-state index contributed by atoms with van der Waals surface area (Å²) in [5, 5.41) is 0.245.